The second-order valence-electron chi connectivity index (χ2n) is 10.3. The summed E-state index contributed by atoms with van der Waals surface area (Å²) in [6.45, 7) is 6.62. The molecule has 1 fully saturated rings. The van der Waals surface area contributed by atoms with Crippen LogP contribution in [0.5, 0.6) is 0 Å². The van der Waals surface area contributed by atoms with E-state index in [1.807, 2.05) is 29.2 Å². The lowest BCUT2D eigenvalue weighted by atomic mass is 9.91. The lowest BCUT2D eigenvalue weighted by Gasteiger charge is -2.34. The van der Waals surface area contributed by atoms with Crippen molar-refractivity contribution < 1.29 is 9.59 Å². The number of carbonyl (C=O) groups excluding carboxylic acids is 2. The fraction of sp³-hybridized carbons (Fsp3) is 0.355. The molecular weight excluding hydrogens is 446 g/mol. The maximum atomic E-state index is 13.2. The summed E-state index contributed by atoms with van der Waals surface area (Å²) in [7, 11) is 0. The van der Waals surface area contributed by atoms with Gasteiger partial charge in [-0.25, -0.2) is 0 Å². The van der Waals surface area contributed by atoms with Crippen LogP contribution in [0.25, 0.3) is 0 Å². The fourth-order valence-corrected chi connectivity index (χ4v) is 6.04. The van der Waals surface area contributed by atoms with E-state index in [9.17, 15) is 9.59 Å². The van der Waals surface area contributed by atoms with Gasteiger partial charge in [0.2, 0.25) is 0 Å². The van der Waals surface area contributed by atoms with Crippen LogP contribution in [0.1, 0.15) is 61.9 Å². The number of hydrogen-bond donors (Lipinski definition) is 0. The average Bonchev–Trinajstić information content (AvgIpc) is 3.07. The molecule has 0 saturated carbocycles. The van der Waals surface area contributed by atoms with Gasteiger partial charge in [0, 0.05) is 63.4 Å². The van der Waals surface area contributed by atoms with Crippen LogP contribution in [0.3, 0.4) is 0 Å². The fourth-order valence-electron chi connectivity index (χ4n) is 6.04. The van der Waals surface area contributed by atoms with Gasteiger partial charge < -0.3 is 9.80 Å². The first-order valence-corrected chi connectivity index (χ1v) is 13.2. The number of carbonyl (C=O) groups is 2. The molecule has 3 aliphatic heterocycles. The quantitative estimate of drug-likeness (QED) is 0.486. The Balaban J connectivity index is 1.11. The normalized spacial score (nSPS) is 19.9. The smallest absolute Gasteiger partial charge is 0.255 e. The predicted octanol–water partition coefficient (Wildman–Crippen LogP) is 4.57. The van der Waals surface area contributed by atoms with Crippen molar-refractivity contribution in [3.05, 3.63) is 106 Å². The Morgan fingerprint density at radius 3 is 2.39 bits per heavy atom. The van der Waals surface area contributed by atoms with Gasteiger partial charge in [-0.2, -0.15) is 0 Å². The van der Waals surface area contributed by atoms with Crippen LogP contribution < -0.4 is 0 Å². The van der Waals surface area contributed by atoms with Crippen molar-refractivity contribution in [2.24, 2.45) is 0 Å². The van der Waals surface area contributed by atoms with E-state index >= 15 is 0 Å². The Hall–Kier alpha value is -3.28. The molecule has 5 heteroatoms. The van der Waals surface area contributed by atoms with Gasteiger partial charge in [-0.05, 0) is 47.2 Å². The first-order valence-electron chi connectivity index (χ1n) is 13.2. The molecule has 1 amide bonds. The Morgan fingerprint density at radius 2 is 1.56 bits per heavy atom. The van der Waals surface area contributed by atoms with Crippen molar-refractivity contribution in [1.82, 2.24) is 14.7 Å². The number of aryl methyl sites for hydroxylation is 1. The molecule has 0 aliphatic carbocycles. The van der Waals surface area contributed by atoms with Gasteiger partial charge in [-0.1, -0.05) is 60.7 Å². The molecule has 0 N–H and O–H groups in total. The van der Waals surface area contributed by atoms with Gasteiger partial charge in [-0.15, -0.1) is 0 Å². The van der Waals surface area contributed by atoms with Gasteiger partial charge in [0.05, 0.1) is 6.04 Å². The molecule has 1 unspecified atom stereocenters. The number of amides is 1. The zero-order chi connectivity index (χ0) is 24.5. The van der Waals surface area contributed by atoms with E-state index < -0.39 is 0 Å². The van der Waals surface area contributed by atoms with E-state index in [-0.39, 0.29) is 17.7 Å². The van der Waals surface area contributed by atoms with Crippen LogP contribution in [-0.4, -0.2) is 65.7 Å². The second-order valence-corrected chi connectivity index (χ2v) is 10.3. The van der Waals surface area contributed by atoms with Gasteiger partial charge >= 0.3 is 0 Å². The molecule has 36 heavy (non-hydrogen) atoms. The second kappa shape index (κ2) is 10.00. The predicted molar refractivity (Wildman–Crippen MR) is 141 cm³/mol. The third-order valence-electron chi connectivity index (χ3n) is 8.03. The molecule has 3 aromatic carbocycles. The molecule has 5 nitrogen and oxygen atoms in total. The van der Waals surface area contributed by atoms with Crippen molar-refractivity contribution in [2.75, 3.05) is 39.3 Å². The lowest BCUT2D eigenvalue weighted by molar-refractivity contribution is 0.0753. The number of hydrogen-bond acceptors (Lipinski definition) is 4. The molecule has 0 radical (unpaired) electrons. The SMILES string of the molecule is O=C(CCN1CCN(Cc2ccccc2)CC1)c1ccc2c(c1)C1c3ccccc3C(=O)N1CCC2. The molecule has 3 aliphatic rings. The molecule has 0 bridgehead atoms. The Labute approximate surface area is 213 Å². The van der Waals surface area contributed by atoms with Gasteiger partial charge in [-0.3, -0.25) is 14.5 Å². The van der Waals surface area contributed by atoms with E-state index in [1.165, 1.54) is 11.1 Å². The largest absolute Gasteiger partial charge is 0.327 e. The van der Waals surface area contributed by atoms with Gasteiger partial charge in [0.1, 0.15) is 0 Å². The van der Waals surface area contributed by atoms with E-state index in [0.717, 1.165) is 80.9 Å². The van der Waals surface area contributed by atoms with E-state index in [1.54, 1.807) is 0 Å². The monoisotopic (exact) mass is 479 g/mol. The average molecular weight is 480 g/mol. The molecule has 184 valence electrons. The van der Waals surface area contributed by atoms with Crippen LogP contribution in [-0.2, 0) is 13.0 Å². The summed E-state index contributed by atoms with van der Waals surface area (Å²) in [5.41, 5.74) is 6.40. The summed E-state index contributed by atoms with van der Waals surface area (Å²) in [5, 5.41) is 0. The number of Topliss-reactive ketones (excluding diaryl/α,β-unsaturated/α-hetero) is 1. The Morgan fingerprint density at radius 1 is 0.806 bits per heavy atom. The standard InChI is InChI=1S/C31H33N3O2/c35-29(14-16-32-17-19-33(20-18-32)22-23-7-2-1-3-8-23)25-13-12-24-9-6-15-34-30(28(24)21-25)26-10-4-5-11-27(26)31(34)36/h1-5,7-8,10-13,21,30H,6,9,14-20,22H2. The number of benzene rings is 3. The van der Waals surface area contributed by atoms with Crippen molar-refractivity contribution in [2.45, 2.75) is 31.8 Å². The number of fused-ring (bicyclic) bond motifs is 5. The van der Waals surface area contributed by atoms with Gasteiger partial charge in [0.15, 0.2) is 5.78 Å². The van der Waals surface area contributed by atoms with Crippen molar-refractivity contribution in [3.8, 4) is 0 Å². The van der Waals surface area contributed by atoms with Crippen LogP contribution in [0, 0.1) is 0 Å². The number of nitrogens with zero attached hydrogens (tertiary/aromatic N) is 3. The summed E-state index contributed by atoms with van der Waals surface area (Å²) in [6, 6.07) is 24.7. The molecule has 6 rings (SSSR count). The molecule has 3 heterocycles. The molecule has 0 aromatic heterocycles. The van der Waals surface area contributed by atoms with Crippen LogP contribution in [0.4, 0.5) is 0 Å². The van der Waals surface area contributed by atoms with E-state index in [4.69, 9.17) is 0 Å². The van der Waals surface area contributed by atoms with Crippen molar-refractivity contribution >= 4 is 11.7 Å². The molecule has 3 aromatic rings. The highest BCUT2D eigenvalue weighted by atomic mass is 16.2. The highest BCUT2D eigenvalue weighted by molar-refractivity contribution is 6.00. The summed E-state index contributed by atoms with van der Waals surface area (Å²) in [5.74, 6) is 0.310. The molecular formula is C31H33N3O2. The summed E-state index contributed by atoms with van der Waals surface area (Å²) in [6.07, 6.45) is 2.42. The molecule has 1 atom stereocenters. The van der Waals surface area contributed by atoms with E-state index in [2.05, 4.69) is 58.3 Å². The van der Waals surface area contributed by atoms with Crippen LogP contribution in [0.2, 0.25) is 0 Å². The van der Waals surface area contributed by atoms with Crippen LogP contribution >= 0.6 is 0 Å². The molecule has 1 saturated heterocycles. The first kappa shape index (κ1) is 23.1. The summed E-state index contributed by atoms with van der Waals surface area (Å²) >= 11 is 0. The zero-order valence-corrected chi connectivity index (χ0v) is 20.7. The maximum absolute atomic E-state index is 13.2. The zero-order valence-electron chi connectivity index (χ0n) is 20.7. The Kier molecular flexibility index (Phi) is 6.43. The minimum Gasteiger partial charge on any atom is -0.327 e. The van der Waals surface area contributed by atoms with E-state index in [0.29, 0.717) is 6.42 Å². The van der Waals surface area contributed by atoms with Crippen molar-refractivity contribution in [1.29, 1.82) is 0 Å². The minimum absolute atomic E-state index is 0.0726. The van der Waals surface area contributed by atoms with Crippen LogP contribution in [0.15, 0.2) is 72.8 Å². The topological polar surface area (TPSA) is 43.9 Å². The number of rotatable bonds is 6. The number of piperazine rings is 1. The highest BCUT2D eigenvalue weighted by Gasteiger charge is 2.39. The maximum Gasteiger partial charge on any atom is 0.255 e. The van der Waals surface area contributed by atoms with Gasteiger partial charge in [0.25, 0.3) is 5.91 Å². The first-order chi connectivity index (χ1) is 17.7. The Bertz CT molecular complexity index is 1260. The summed E-state index contributed by atoms with van der Waals surface area (Å²) in [4.78, 5) is 33.2. The highest BCUT2D eigenvalue weighted by Crippen LogP contribution is 2.42. The number of ketones is 1. The minimum atomic E-state index is -0.0726. The molecule has 0 spiro atoms. The lowest BCUT2D eigenvalue weighted by Crippen LogP contribution is -2.46. The van der Waals surface area contributed by atoms with Crippen molar-refractivity contribution in [3.63, 3.8) is 0 Å². The third-order valence-corrected chi connectivity index (χ3v) is 8.03. The third kappa shape index (κ3) is 4.49. The summed E-state index contributed by atoms with van der Waals surface area (Å²) < 4.78 is 0.